The number of aryl methyl sites for hydroxylation is 1. The van der Waals surface area contributed by atoms with Crippen LogP contribution in [0.5, 0.6) is 0 Å². The van der Waals surface area contributed by atoms with Gasteiger partial charge in [0.05, 0.1) is 23.8 Å². The standard InChI is InChI=1S/C21H22ClN3O5S/c1-16-6-8-19(9-7-16)31(28,29)24-12-10-21(27)30-15-20(26)25(13-3-11-23)18-5-2-4-17(22)14-18/h2,4-9,14,24H,3,10,12-13,15H2,1H3. The van der Waals surface area contributed by atoms with E-state index < -0.39 is 28.5 Å². The van der Waals surface area contributed by atoms with Gasteiger partial charge in [-0.05, 0) is 37.3 Å². The van der Waals surface area contributed by atoms with Crippen molar-refractivity contribution in [2.75, 3.05) is 24.6 Å². The van der Waals surface area contributed by atoms with E-state index in [1.807, 2.05) is 13.0 Å². The number of sulfonamides is 1. The Morgan fingerprint density at radius 2 is 1.90 bits per heavy atom. The number of benzene rings is 2. The fourth-order valence-electron chi connectivity index (χ4n) is 2.58. The summed E-state index contributed by atoms with van der Waals surface area (Å²) in [6, 6.07) is 14.8. The summed E-state index contributed by atoms with van der Waals surface area (Å²) < 4.78 is 31.7. The van der Waals surface area contributed by atoms with Crippen molar-refractivity contribution in [1.29, 1.82) is 5.26 Å². The van der Waals surface area contributed by atoms with Crippen LogP contribution in [0.4, 0.5) is 5.69 Å². The highest BCUT2D eigenvalue weighted by Gasteiger charge is 2.19. The van der Waals surface area contributed by atoms with E-state index in [2.05, 4.69) is 4.72 Å². The Bertz CT molecular complexity index is 1070. The highest BCUT2D eigenvalue weighted by molar-refractivity contribution is 7.89. The van der Waals surface area contributed by atoms with Gasteiger partial charge in [0.25, 0.3) is 5.91 Å². The molecule has 164 valence electrons. The molecule has 10 heteroatoms. The zero-order chi connectivity index (χ0) is 22.9. The molecule has 0 atom stereocenters. The van der Waals surface area contributed by atoms with Gasteiger partial charge in [-0.3, -0.25) is 9.59 Å². The molecule has 0 bridgehead atoms. The third-order valence-corrected chi connectivity index (χ3v) is 5.89. The number of carbonyl (C=O) groups excluding carboxylic acids is 2. The summed E-state index contributed by atoms with van der Waals surface area (Å²) >= 11 is 5.96. The third kappa shape index (κ3) is 7.68. The average Bonchev–Trinajstić information content (AvgIpc) is 2.73. The van der Waals surface area contributed by atoms with E-state index >= 15 is 0 Å². The average molecular weight is 464 g/mol. The number of rotatable bonds is 10. The normalized spacial score (nSPS) is 10.9. The minimum Gasteiger partial charge on any atom is -0.456 e. The number of nitrogens with one attached hydrogen (secondary N) is 1. The second-order valence-electron chi connectivity index (χ2n) is 6.55. The summed E-state index contributed by atoms with van der Waals surface area (Å²) in [5.74, 6) is -1.25. The summed E-state index contributed by atoms with van der Waals surface area (Å²) in [7, 11) is -3.74. The van der Waals surface area contributed by atoms with Crippen LogP contribution in [0.3, 0.4) is 0 Å². The number of halogens is 1. The fraction of sp³-hybridized carbons (Fsp3) is 0.286. The van der Waals surface area contributed by atoms with Crippen molar-refractivity contribution in [1.82, 2.24) is 4.72 Å². The topological polar surface area (TPSA) is 117 Å². The number of nitrogens with zero attached hydrogens (tertiary/aromatic N) is 2. The number of nitriles is 1. The minimum absolute atomic E-state index is 0.0903. The van der Waals surface area contributed by atoms with Gasteiger partial charge in [-0.25, -0.2) is 13.1 Å². The summed E-state index contributed by atoms with van der Waals surface area (Å²) in [5.41, 5.74) is 1.41. The Morgan fingerprint density at radius 3 is 2.55 bits per heavy atom. The van der Waals surface area contributed by atoms with Crippen LogP contribution in [0.15, 0.2) is 53.4 Å². The van der Waals surface area contributed by atoms with Crippen molar-refractivity contribution in [2.45, 2.75) is 24.7 Å². The van der Waals surface area contributed by atoms with Gasteiger partial charge in [0, 0.05) is 23.8 Å². The van der Waals surface area contributed by atoms with Crippen LogP contribution in [0.1, 0.15) is 18.4 Å². The number of amides is 1. The molecule has 0 heterocycles. The van der Waals surface area contributed by atoms with Crippen LogP contribution in [0, 0.1) is 18.3 Å². The predicted octanol–water partition coefficient (Wildman–Crippen LogP) is 2.81. The zero-order valence-electron chi connectivity index (χ0n) is 16.9. The molecular formula is C21H22ClN3O5S. The molecule has 0 aliphatic rings. The first kappa shape index (κ1) is 24.3. The highest BCUT2D eigenvalue weighted by Crippen LogP contribution is 2.20. The van der Waals surface area contributed by atoms with Crippen molar-refractivity contribution in [3.8, 4) is 6.07 Å². The van der Waals surface area contributed by atoms with Gasteiger partial charge < -0.3 is 9.64 Å². The molecule has 0 aliphatic heterocycles. The van der Waals surface area contributed by atoms with E-state index in [4.69, 9.17) is 21.6 Å². The van der Waals surface area contributed by atoms with Gasteiger partial charge >= 0.3 is 5.97 Å². The number of hydrogen-bond donors (Lipinski definition) is 1. The second kappa shape index (κ2) is 11.5. The minimum atomic E-state index is -3.74. The van der Waals surface area contributed by atoms with Crippen molar-refractivity contribution in [2.24, 2.45) is 0 Å². The third-order valence-electron chi connectivity index (χ3n) is 4.18. The van der Waals surface area contributed by atoms with Gasteiger partial charge in [-0.15, -0.1) is 0 Å². The quantitative estimate of drug-likeness (QED) is 0.541. The largest absolute Gasteiger partial charge is 0.456 e. The van der Waals surface area contributed by atoms with Crippen LogP contribution >= 0.6 is 11.6 Å². The number of anilines is 1. The van der Waals surface area contributed by atoms with Crippen molar-refractivity contribution >= 4 is 39.2 Å². The van der Waals surface area contributed by atoms with Crippen LogP contribution < -0.4 is 9.62 Å². The number of hydrogen-bond acceptors (Lipinski definition) is 6. The van der Waals surface area contributed by atoms with E-state index in [0.717, 1.165) is 5.56 Å². The SMILES string of the molecule is Cc1ccc(S(=O)(=O)NCCC(=O)OCC(=O)N(CCC#N)c2cccc(Cl)c2)cc1. The first-order valence-electron chi connectivity index (χ1n) is 9.38. The lowest BCUT2D eigenvalue weighted by atomic mass is 10.2. The lowest BCUT2D eigenvalue weighted by molar-refractivity contribution is -0.147. The lowest BCUT2D eigenvalue weighted by Crippen LogP contribution is -2.36. The summed E-state index contributed by atoms with van der Waals surface area (Å²) in [4.78, 5) is 25.8. The molecular weight excluding hydrogens is 442 g/mol. The molecule has 0 radical (unpaired) electrons. The van der Waals surface area contributed by atoms with Crippen molar-refractivity contribution in [3.63, 3.8) is 0 Å². The Hall–Kier alpha value is -2.93. The van der Waals surface area contributed by atoms with Gasteiger partial charge in [-0.2, -0.15) is 5.26 Å². The number of ether oxygens (including phenoxy) is 1. The maximum atomic E-state index is 12.5. The Balaban J connectivity index is 1.86. The van der Waals surface area contributed by atoms with Gasteiger partial charge in [0.2, 0.25) is 10.0 Å². The Kier molecular flexibility index (Phi) is 9.00. The smallest absolute Gasteiger partial charge is 0.307 e. The Labute approximate surface area is 186 Å². The van der Waals surface area contributed by atoms with Crippen LogP contribution in [-0.4, -0.2) is 40.0 Å². The molecule has 1 N–H and O–H groups in total. The molecule has 0 fully saturated rings. The van der Waals surface area contributed by atoms with Gasteiger partial charge in [-0.1, -0.05) is 35.4 Å². The maximum absolute atomic E-state index is 12.5. The van der Waals surface area contributed by atoms with E-state index in [1.165, 1.54) is 17.0 Å². The predicted molar refractivity (Wildman–Crippen MR) is 116 cm³/mol. The molecule has 0 saturated carbocycles. The molecule has 0 saturated heterocycles. The second-order valence-corrected chi connectivity index (χ2v) is 8.76. The molecule has 31 heavy (non-hydrogen) atoms. The monoisotopic (exact) mass is 463 g/mol. The molecule has 2 aromatic carbocycles. The van der Waals surface area contributed by atoms with E-state index in [9.17, 15) is 18.0 Å². The van der Waals surface area contributed by atoms with Crippen LogP contribution in [-0.2, 0) is 24.3 Å². The molecule has 0 aromatic heterocycles. The lowest BCUT2D eigenvalue weighted by Gasteiger charge is -2.21. The van der Waals surface area contributed by atoms with Gasteiger partial charge in [0.1, 0.15) is 0 Å². The summed E-state index contributed by atoms with van der Waals surface area (Å²) in [6.45, 7) is 1.25. The van der Waals surface area contributed by atoms with Crippen LogP contribution in [0.25, 0.3) is 0 Å². The Morgan fingerprint density at radius 1 is 1.19 bits per heavy atom. The molecule has 0 aliphatic carbocycles. The molecule has 1 amide bonds. The number of esters is 1. The molecule has 2 aromatic rings. The van der Waals surface area contributed by atoms with E-state index in [-0.39, 0.29) is 30.8 Å². The molecule has 0 spiro atoms. The fourth-order valence-corrected chi connectivity index (χ4v) is 3.80. The zero-order valence-corrected chi connectivity index (χ0v) is 18.4. The maximum Gasteiger partial charge on any atom is 0.307 e. The van der Waals surface area contributed by atoms with Crippen molar-refractivity contribution < 1.29 is 22.7 Å². The summed E-state index contributed by atoms with van der Waals surface area (Å²) in [6.07, 6.45) is -0.152. The molecule has 0 unspecified atom stereocenters. The molecule has 2 rings (SSSR count). The highest BCUT2D eigenvalue weighted by atomic mass is 35.5. The first-order valence-corrected chi connectivity index (χ1v) is 11.2. The van der Waals surface area contributed by atoms with Gasteiger partial charge in [0.15, 0.2) is 6.61 Å². The van der Waals surface area contributed by atoms with E-state index in [0.29, 0.717) is 10.7 Å². The molecule has 8 nitrogen and oxygen atoms in total. The summed E-state index contributed by atoms with van der Waals surface area (Å²) in [5, 5.41) is 9.24. The first-order chi connectivity index (χ1) is 14.7. The van der Waals surface area contributed by atoms with E-state index in [1.54, 1.807) is 36.4 Å². The number of carbonyl (C=O) groups is 2. The van der Waals surface area contributed by atoms with Crippen LogP contribution in [0.2, 0.25) is 5.02 Å². The van der Waals surface area contributed by atoms with Crippen molar-refractivity contribution in [3.05, 3.63) is 59.1 Å².